The standard InChI is InChI=1S/C13H16BrF3N2/c1-8-3-2-4-10(5-8)19-12-11(13(15,16)17)6-9(14)7-18-12/h6-8,10H,2-5H2,1H3,(H,18,19). The molecule has 6 heteroatoms. The number of hydrogen-bond donors (Lipinski definition) is 1. The lowest BCUT2D eigenvalue weighted by Gasteiger charge is -2.28. The number of pyridine rings is 1. The van der Waals surface area contributed by atoms with Crippen LogP contribution in [-0.2, 0) is 6.18 Å². The van der Waals surface area contributed by atoms with E-state index in [-0.39, 0.29) is 11.9 Å². The average molecular weight is 337 g/mol. The molecule has 1 fully saturated rings. The first-order valence-corrected chi connectivity index (χ1v) is 7.15. The van der Waals surface area contributed by atoms with Gasteiger partial charge in [0.15, 0.2) is 0 Å². The Morgan fingerprint density at radius 1 is 1.37 bits per heavy atom. The number of halogens is 4. The van der Waals surface area contributed by atoms with Crippen LogP contribution in [0.3, 0.4) is 0 Å². The normalized spacial score (nSPS) is 24.3. The first kappa shape index (κ1) is 14.6. The van der Waals surface area contributed by atoms with E-state index >= 15 is 0 Å². The molecule has 2 rings (SSSR count). The van der Waals surface area contributed by atoms with Gasteiger partial charge in [-0.05, 0) is 40.8 Å². The number of aromatic nitrogens is 1. The molecule has 0 saturated heterocycles. The molecule has 2 unspecified atom stereocenters. The quantitative estimate of drug-likeness (QED) is 0.834. The highest BCUT2D eigenvalue weighted by atomic mass is 79.9. The minimum atomic E-state index is -4.39. The molecule has 2 atom stereocenters. The third-order valence-corrected chi connectivity index (χ3v) is 3.87. The molecule has 19 heavy (non-hydrogen) atoms. The zero-order valence-corrected chi connectivity index (χ0v) is 12.2. The second kappa shape index (κ2) is 5.69. The lowest BCUT2D eigenvalue weighted by atomic mass is 9.87. The van der Waals surface area contributed by atoms with Gasteiger partial charge in [0, 0.05) is 16.7 Å². The van der Waals surface area contributed by atoms with Crippen LogP contribution in [0.15, 0.2) is 16.7 Å². The summed E-state index contributed by atoms with van der Waals surface area (Å²) in [6.45, 7) is 2.13. The van der Waals surface area contributed by atoms with Crippen LogP contribution in [0.4, 0.5) is 19.0 Å². The van der Waals surface area contributed by atoms with Crippen LogP contribution in [0.25, 0.3) is 0 Å². The van der Waals surface area contributed by atoms with Crippen LogP contribution in [0.5, 0.6) is 0 Å². The van der Waals surface area contributed by atoms with E-state index in [0.717, 1.165) is 31.7 Å². The molecule has 0 aromatic carbocycles. The van der Waals surface area contributed by atoms with Gasteiger partial charge in [-0.15, -0.1) is 0 Å². The third-order valence-electron chi connectivity index (χ3n) is 3.44. The number of anilines is 1. The van der Waals surface area contributed by atoms with Gasteiger partial charge in [0.2, 0.25) is 0 Å². The van der Waals surface area contributed by atoms with Crippen molar-refractivity contribution in [2.75, 3.05) is 5.32 Å². The van der Waals surface area contributed by atoms with E-state index in [4.69, 9.17) is 0 Å². The Hall–Kier alpha value is -0.780. The molecule has 1 aromatic rings. The van der Waals surface area contributed by atoms with Crippen molar-refractivity contribution in [1.82, 2.24) is 4.98 Å². The molecule has 0 amide bonds. The van der Waals surface area contributed by atoms with Crippen molar-refractivity contribution in [3.8, 4) is 0 Å². The number of nitrogens with zero attached hydrogens (tertiary/aromatic N) is 1. The van der Waals surface area contributed by atoms with Gasteiger partial charge < -0.3 is 5.32 Å². The zero-order valence-electron chi connectivity index (χ0n) is 10.6. The lowest BCUT2D eigenvalue weighted by Crippen LogP contribution is -2.28. The summed E-state index contributed by atoms with van der Waals surface area (Å²) in [6, 6.07) is 1.15. The highest BCUT2D eigenvalue weighted by Gasteiger charge is 2.35. The van der Waals surface area contributed by atoms with E-state index in [1.165, 1.54) is 6.20 Å². The molecule has 1 aromatic heterocycles. The first-order chi connectivity index (χ1) is 8.86. The maximum atomic E-state index is 13.0. The SMILES string of the molecule is CC1CCCC(Nc2ncc(Br)cc2C(F)(F)F)C1. The summed E-state index contributed by atoms with van der Waals surface area (Å²) in [6.07, 6.45) is 1.01. The minimum absolute atomic E-state index is 0.0604. The van der Waals surface area contributed by atoms with Crippen LogP contribution in [-0.4, -0.2) is 11.0 Å². The summed E-state index contributed by atoms with van der Waals surface area (Å²) in [5.74, 6) is 0.492. The summed E-state index contributed by atoms with van der Waals surface area (Å²) in [5, 5.41) is 2.96. The predicted molar refractivity (Wildman–Crippen MR) is 72.0 cm³/mol. The molecule has 1 saturated carbocycles. The minimum Gasteiger partial charge on any atom is -0.367 e. The highest BCUT2D eigenvalue weighted by Crippen LogP contribution is 2.36. The molecule has 0 bridgehead atoms. The summed E-state index contributed by atoms with van der Waals surface area (Å²) >= 11 is 3.03. The van der Waals surface area contributed by atoms with Crippen molar-refractivity contribution in [2.24, 2.45) is 5.92 Å². The number of nitrogens with one attached hydrogen (secondary N) is 1. The summed E-state index contributed by atoms with van der Waals surface area (Å²) in [5.41, 5.74) is -0.708. The molecular formula is C13H16BrF3N2. The molecule has 1 heterocycles. The van der Waals surface area contributed by atoms with E-state index in [1.807, 2.05) is 0 Å². The predicted octanol–water partition coefficient (Wildman–Crippen LogP) is 4.85. The van der Waals surface area contributed by atoms with Crippen molar-refractivity contribution < 1.29 is 13.2 Å². The molecule has 0 radical (unpaired) electrons. The van der Waals surface area contributed by atoms with Crippen LogP contribution in [0.2, 0.25) is 0 Å². The first-order valence-electron chi connectivity index (χ1n) is 6.35. The van der Waals surface area contributed by atoms with E-state index in [9.17, 15) is 13.2 Å². The number of rotatable bonds is 2. The molecule has 106 valence electrons. The Labute approximate surface area is 118 Å². The van der Waals surface area contributed by atoms with Gasteiger partial charge in [0.1, 0.15) is 5.82 Å². The zero-order chi connectivity index (χ0) is 14.0. The van der Waals surface area contributed by atoms with Gasteiger partial charge in [-0.1, -0.05) is 19.8 Å². The van der Waals surface area contributed by atoms with Crippen molar-refractivity contribution >= 4 is 21.7 Å². The largest absolute Gasteiger partial charge is 0.419 e. The Balaban J connectivity index is 2.20. The molecule has 0 spiro atoms. The third kappa shape index (κ3) is 3.84. The van der Waals surface area contributed by atoms with Gasteiger partial charge >= 0.3 is 6.18 Å². The molecule has 1 aliphatic rings. The summed E-state index contributed by atoms with van der Waals surface area (Å²) in [4.78, 5) is 3.89. The van der Waals surface area contributed by atoms with Crippen LogP contribution >= 0.6 is 15.9 Å². The Kier molecular flexibility index (Phi) is 4.38. The second-order valence-corrected chi connectivity index (χ2v) is 6.08. The highest BCUT2D eigenvalue weighted by molar-refractivity contribution is 9.10. The van der Waals surface area contributed by atoms with E-state index in [2.05, 4.69) is 33.2 Å². The lowest BCUT2D eigenvalue weighted by molar-refractivity contribution is -0.137. The fourth-order valence-electron chi connectivity index (χ4n) is 2.53. The fourth-order valence-corrected chi connectivity index (χ4v) is 2.86. The van der Waals surface area contributed by atoms with Gasteiger partial charge in [-0.3, -0.25) is 0 Å². The summed E-state index contributed by atoms with van der Waals surface area (Å²) in [7, 11) is 0. The maximum Gasteiger partial charge on any atom is 0.419 e. The molecular weight excluding hydrogens is 321 g/mol. The summed E-state index contributed by atoms with van der Waals surface area (Å²) < 4.78 is 39.2. The van der Waals surface area contributed by atoms with Crippen molar-refractivity contribution in [3.05, 3.63) is 22.3 Å². The van der Waals surface area contributed by atoms with Gasteiger partial charge in [-0.25, -0.2) is 4.98 Å². The molecule has 0 aliphatic heterocycles. The van der Waals surface area contributed by atoms with E-state index in [0.29, 0.717) is 10.4 Å². The second-order valence-electron chi connectivity index (χ2n) is 5.16. The topological polar surface area (TPSA) is 24.9 Å². The fraction of sp³-hybridized carbons (Fsp3) is 0.615. The Morgan fingerprint density at radius 2 is 2.11 bits per heavy atom. The van der Waals surface area contributed by atoms with Gasteiger partial charge in [0.25, 0.3) is 0 Å². The average Bonchev–Trinajstić information content (AvgIpc) is 2.30. The van der Waals surface area contributed by atoms with E-state index < -0.39 is 11.7 Å². The van der Waals surface area contributed by atoms with Crippen molar-refractivity contribution in [2.45, 2.75) is 44.8 Å². The monoisotopic (exact) mass is 336 g/mol. The van der Waals surface area contributed by atoms with Crippen LogP contribution in [0, 0.1) is 5.92 Å². The van der Waals surface area contributed by atoms with Crippen molar-refractivity contribution in [3.63, 3.8) is 0 Å². The number of hydrogen-bond acceptors (Lipinski definition) is 2. The van der Waals surface area contributed by atoms with Gasteiger partial charge in [-0.2, -0.15) is 13.2 Å². The molecule has 1 N–H and O–H groups in total. The van der Waals surface area contributed by atoms with Crippen LogP contribution in [0.1, 0.15) is 38.2 Å². The molecule has 1 aliphatic carbocycles. The van der Waals surface area contributed by atoms with E-state index in [1.54, 1.807) is 0 Å². The Morgan fingerprint density at radius 3 is 2.74 bits per heavy atom. The van der Waals surface area contributed by atoms with Crippen LogP contribution < -0.4 is 5.32 Å². The van der Waals surface area contributed by atoms with Gasteiger partial charge in [0.05, 0.1) is 5.56 Å². The number of alkyl halides is 3. The smallest absolute Gasteiger partial charge is 0.367 e. The van der Waals surface area contributed by atoms with Crippen molar-refractivity contribution in [1.29, 1.82) is 0 Å². The molecule has 2 nitrogen and oxygen atoms in total. The Bertz CT molecular complexity index is 448. The maximum absolute atomic E-state index is 13.0.